The van der Waals surface area contributed by atoms with E-state index in [0.717, 1.165) is 16.8 Å². The highest BCUT2D eigenvalue weighted by Crippen LogP contribution is 2.21. The van der Waals surface area contributed by atoms with E-state index in [9.17, 15) is 9.18 Å². The fraction of sp³-hybridized carbons (Fsp3) is 0.0500. The number of hydrogen-bond donors (Lipinski definition) is 1. The summed E-state index contributed by atoms with van der Waals surface area (Å²) in [5.74, 6) is -0.0330. The van der Waals surface area contributed by atoms with Crippen molar-refractivity contribution >= 4 is 17.2 Å². The van der Waals surface area contributed by atoms with Crippen molar-refractivity contribution in [2.24, 2.45) is 0 Å². The maximum Gasteiger partial charge on any atom is 0.259 e. The lowest BCUT2D eigenvalue weighted by molar-refractivity contribution is 0.102. The van der Waals surface area contributed by atoms with E-state index < -0.39 is 0 Å². The van der Waals surface area contributed by atoms with Crippen LogP contribution in [0.1, 0.15) is 15.9 Å². The zero-order valence-corrected chi connectivity index (χ0v) is 14.0. The number of fused-ring (bicyclic) bond motifs is 1. The molecular formula is C20H15FN4O. The molecule has 0 fully saturated rings. The third-order valence-corrected chi connectivity index (χ3v) is 4.18. The first kappa shape index (κ1) is 16.0. The molecule has 0 atom stereocenters. The van der Waals surface area contributed by atoms with Gasteiger partial charge in [0.15, 0.2) is 11.5 Å². The zero-order valence-electron chi connectivity index (χ0n) is 14.0. The number of nitrogens with zero attached hydrogens (tertiary/aromatic N) is 3. The molecule has 0 aliphatic carbocycles. The maximum absolute atomic E-state index is 13.2. The van der Waals surface area contributed by atoms with Crippen LogP contribution in [0.3, 0.4) is 0 Å². The number of benzene rings is 2. The quantitative estimate of drug-likeness (QED) is 0.608. The lowest BCUT2D eigenvalue weighted by Gasteiger charge is -2.09. The van der Waals surface area contributed by atoms with Gasteiger partial charge in [0.05, 0.1) is 5.56 Å². The molecule has 4 rings (SSSR count). The minimum absolute atomic E-state index is 0.261. The first-order chi connectivity index (χ1) is 12.6. The molecule has 0 unspecified atom stereocenters. The van der Waals surface area contributed by atoms with Gasteiger partial charge in [-0.15, -0.1) is 10.2 Å². The number of carbonyl (C=O) groups excluding carboxylic acids is 1. The molecular weight excluding hydrogens is 331 g/mol. The van der Waals surface area contributed by atoms with Crippen LogP contribution in [0.15, 0.2) is 66.9 Å². The molecule has 2 heterocycles. The number of nitrogens with one attached hydrogen (secondary N) is 1. The minimum Gasteiger partial charge on any atom is -0.322 e. The van der Waals surface area contributed by atoms with E-state index in [-0.39, 0.29) is 11.7 Å². The number of hydrogen-bond acceptors (Lipinski definition) is 3. The van der Waals surface area contributed by atoms with Crippen LogP contribution >= 0.6 is 0 Å². The molecule has 26 heavy (non-hydrogen) atoms. The van der Waals surface area contributed by atoms with E-state index >= 15 is 0 Å². The van der Waals surface area contributed by atoms with Gasteiger partial charge >= 0.3 is 0 Å². The summed E-state index contributed by atoms with van der Waals surface area (Å²) in [6.07, 6.45) is 1.78. The first-order valence-corrected chi connectivity index (χ1v) is 8.10. The molecule has 0 aliphatic heterocycles. The lowest BCUT2D eigenvalue weighted by Crippen LogP contribution is -2.14. The maximum atomic E-state index is 13.2. The van der Waals surface area contributed by atoms with Gasteiger partial charge in [-0.05, 0) is 55.0 Å². The molecule has 1 amide bonds. The number of aryl methyl sites for hydroxylation is 1. The van der Waals surface area contributed by atoms with Crippen LogP contribution < -0.4 is 5.32 Å². The van der Waals surface area contributed by atoms with E-state index in [1.54, 1.807) is 34.9 Å². The lowest BCUT2D eigenvalue weighted by atomic mass is 10.2. The second kappa shape index (κ2) is 6.40. The van der Waals surface area contributed by atoms with Crippen molar-refractivity contribution in [3.63, 3.8) is 0 Å². The third-order valence-electron chi connectivity index (χ3n) is 4.18. The molecule has 128 valence electrons. The highest BCUT2D eigenvalue weighted by Gasteiger charge is 2.16. The Morgan fingerprint density at radius 3 is 2.54 bits per heavy atom. The normalized spacial score (nSPS) is 10.8. The Labute approximate surface area is 149 Å². The second-order valence-electron chi connectivity index (χ2n) is 5.92. The van der Waals surface area contributed by atoms with Crippen molar-refractivity contribution in [3.05, 3.63) is 83.8 Å². The van der Waals surface area contributed by atoms with E-state index in [1.165, 1.54) is 12.1 Å². The van der Waals surface area contributed by atoms with Crippen molar-refractivity contribution in [1.29, 1.82) is 0 Å². The van der Waals surface area contributed by atoms with Crippen molar-refractivity contribution in [2.75, 3.05) is 5.32 Å². The highest BCUT2D eigenvalue weighted by atomic mass is 19.1. The fourth-order valence-corrected chi connectivity index (χ4v) is 2.79. The van der Waals surface area contributed by atoms with Gasteiger partial charge in [-0.3, -0.25) is 9.20 Å². The van der Waals surface area contributed by atoms with Crippen LogP contribution in [-0.2, 0) is 0 Å². The van der Waals surface area contributed by atoms with E-state index in [0.29, 0.717) is 17.0 Å². The minimum atomic E-state index is -0.319. The number of rotatable bonds is 3. The predicted octanol–water partition coefficient (Wildman–Crippen LogP) is 4.10. The number of pyridine rings is 1. The van der Waals surface area contributed by atoms with Gasteiger partial charge in [-0.1, -0.05) is 18.2 Å². The SMILES string of the molecule is Cc1ccccc1NC(=O)c1cccn2c(-c3ccc(F)cc3)nnc12. The summed E-state index contributed by atoms with van der Waals surface area (Å²) < 4.78 is 14.9. The number of amides is 1. The fourth-order valence-electron chi connectivity index (χ4n) is 2.79. The van der Waals surface area contributed by atoms with Gasteiger partial charge in [0.1, 0.15) is 5.82 Å². The standard InChI is InChI=1S/C20H15FN4O/c1-13-5-2-3-7-17(13)22-20(26)16-6-4-12-25-18(23-24-19(16)25)14-8-10-15(21)11-9-14/h2-12H,1H3,(H,22,26). The van der Waals surface area contributed by atoms with Crippen molar-refractivity contribution < 1.29 is 9.18 Å². The molecule has 0 radical (unpaired) electrons. The molecule has 0 saturated heterocycles. The Balaban J connectivity index is 1.74. The molecule has 5 nitrogen and oxygen atoms in total. The smallest absolute Gasteiger partial charge is 0.259 e. The molecule has 0 bridgehead atoms. The molecule has 0 saturated carbocycles. The molecule has 2 aromatic carbocycles. The summed E-state index contributed by atoms with van der Waals surface area (Å²) in [6, 6.07) is 17.0. The zero-order chi connectivity index (χ0) is 18.1. The molecule has 1 N–H and O–H groups in total. The summed E-state index contributed by atoms with van der Waals surface area (Å²) in [7, 11) is 0. The van der Waals surface area contributed by atoms with E-state index in [1.807, 2.05) is 31.2 Å². The number of anilines is 1. The van der Waals surface area contributed by atoms with Gasteiger partial charge in [-0.25, -0.2) is 4.39 Å². The Kier molecular flexibility index (Phi) is 3.93. The Hall–Kier alpha value is -3.54. The van der Waals surface area contributed by atoms with E-state index in [2.05, 4.69) is 15.5 Å². The van der Waals surface area contributed by atoms with Gasteiger partial charge in [0.25, 0.3) is 5.91 Å². The van der Waals surface area contributed by atoms with Crippen LogP contribution in [-0.4, -0.2) is 20.5 Å². The number of aromatic nitrogens is 3. The average molecular weight is 346 g/mol. The number of para-hydroxylation sites is 1. The van der Waals surface area contributed by atoms with E-state index in [4.69, 9.17) is 0 Å². The van der Waals surface area contributed by atoms with Gasteiger partial charge < -0.3 is 5.32 Å². The van der Waals surface area contributed by atoms with Crippen LogP contribution in [0.4, 0.5) is 10.1 Å². The van der Waals surface area contributed by atoms with Crippen LogP contribution in [0.5, 0.6) is 0 Å². The predicted molar refractivity (Wildman–Crippen MR) is 97.5 cm³/mol. The Morgan fingerprint density at radius 1 is 1.00 bits per heavy atom. The Morgan fingerprint density at radius 2 is 1.77 bits per heavy atom. The van der Waals surface area contributed by atoms with Gasteiger partial charge in [0.2, 0.25) is 0 Å². The second-order valence-corrected chi connectivity index (χ2v) is 5.92. The van der Waals surface area contributed by atoms with Crippen molar-refractivity contribution in [2.45, 2.75) is 6.92 Å². The summed E-state index contributed by atoms with van der Waals surface area (Å²) >= 11 is 0. The topological polar surface area (TPSA) is 59.3 Å². The van der Waals surface area contributed by atoms with Crippen molar-refractivity contribution in [1.82, 2.24) is 14.6 Å². The van der Waals surface area contributed by atoms with Crippen molar-refractivity contribution in [3.8, 4) is 11.4 Å². The first-order valence-electron chi connectivity index (χ1n) is 8.10. The number of halogens is 1. The highest BCUT2D eigenvalue weighted by molar-refractivity contribution is 6.08. The average Bonchev–Trinajstić information content (AvgIpc) is 3.08. The molecule has 6 heteroatoms. The van der Waals surface area contributed by atoms with Gasteiger partial charge in [0, 0.05) is 17.4 Å². The van der Waals surface area contributed by atoms with Gasteiger partial charge in [-0.2, -0.15) is 0 Å². The summed E-state index contributed by atoms with van der Waals surface area (Å²) in [5.41, 5.74) is 3.30. The van der Waals surface area contributed by atoms with Crippen LogP contribution in [0, 0.1) is 12.7 Å². The molecule has 0 aliphatic rings. The molecule has 2 aromatic heterocycles. The summed E-state index contributed by atoms with van der Waals surface area (Å²) in [4.78, 5) is 12.7. The summed E-state index contributed by atoms with van der Waals surface area (Å²) in [5, 5.41) is 11.2. The van der Waals surface area contributed by atoms with Crippen LogP contribution in [0.25, 0.3) is 17.0 Å². The Bertz CT molecular complexity index is 1100. The monoisotopic (exact) mass is 346 g/mol. The largest absolute Gasteiger partial charge is 0.322 e. The third kappa shape index (κ3) is 2.82. The molecule has 4 aromatic rings. The molecule has 0 spiro atoms. The van der Waals surface area contributed by atoms with Crippen LogP contribution in [0.2, 0.25) is 0 Å². The number of carbonyl (C=O) groups is 1. The summed E-state index contributed by atoms with van der Waals surface area (Å²) in [6.45, 7) is 1.93.